The van der Waals surface area contributed by atoms with Crippen LogP contribution in [0.5, 0.6) is 5.75 Å². The Morgan fingerprint density at radius 2 is 1.57 bits per heavy atom. The smallest absolute Gasteiger partial charge is 0.164 e. The van der Waals surface area contributed by atoms with Gasteiger partial charge in [-0.05, 0) is 31.2 Å². The van der Waals surface area contributed by atoms with E-state index in [0.29, 0.717) is 5.69 Å². The third kappa shape index (κ3) is 2.81. The van der Waals surface area contributed by atoms with Crippen LogP contribution in [0.2, 0.25) is 0 Å². The number of rotatable bonds is 3. The topological polar surface area (TPSA) is 38.1 Å². The molecule has 0 radical (unpaired) electrons. The Labute approximate surface area is 128 Å². The van der Waals surface area contributed by atoms with E-state index < -0.39 is 0 Å². The molecular weight excluding hydrogens is 280 g/mol. The number of aromatic hydroxyl groups is 1. The number of aromatic nitrogens is 2. The highest BCUT2D eigenvalue weighted by atomic mass is 32.2. The van der Waals surface area contributed by atoms with Gasteiger partial charge in [0, 0.05) is 22.4 Å². The van der Waals surface area contributed by atoms with E-state index >= 15 is 0 Å². The first-order valence-corrected chi connectivity index (χ1v) is 7.52. The lowest BCUT2D eigenvalue weighted by molar-refractivity contribution is 0.471. The Bertz CT molecular complexity index is 748. The van der Waals surface area contributed by atoms with E-state index in [0.717, 1.165) is 16.2 Å². The van der Waals surface area contributed by atoms with E-state index in [1.807, 2.05) is 44.3 Å². The maximum Gasteiger partial charge on any atom is 0.164 e. The van der Waals surface area contributed by atoms with E-state index in [1.165, 1.54) is 4.90 Å². The standard InChI is InChI=1S/C17H16N2OS/c1-12-17(20)16(18-19(12)2)13-8-10-15(11-9-13)21-14-6-4-3-5-7-14/h3-11,20H,1-2H3. The van der Waals surface area contributed by atoms with Crippen molar-refractivity contribution in [2.24, 2.45) is 7.05 Å². The molecule has 0 saturated carbocycles. The van der Waals surface area contributed by atoms with Gasteiger partial charge in [-0.3, -0.25) is 4.68 Å². The summed E-state index contributed by atoms with van der Waals surface area (Å²) in [6.45, 7) is 1.85. The van der Waals surface area contributed by atoms with Gasteiger partial charge in [0.2, 0.25) is 0 Å². The highest BCUT2D eigenvalue weighted by molar-refractivity contribution is 7.99. The number of nitrogens with zero attached hydrogens (tertiary/aromatic N) is 2. The maximum absolute atomic E-state index is 10.1. The molecule has 0 aliphatic rings. The molecular formula is C17H16N2OS. The molecule has 0 fully saturated rings. The first-order valence-electron chi connectivity index (χ1n) is 6.71. The molecule has 2 aromatic carbocycles. The Kier molecular flexibility index (Phi) is 3.71. The molecule has 0 bridgehead atoms. The quantitative estimate of drug-likeness (QED) is 0.785. The van der Waals surface area contributed by atoms with Crippen LogP contribution < -0.4 is 0 Å². The molecule has 3 nitrogen and oxygen atoms in total. The minimum absolute atomic E-state index is 0.251. The molecule has 3 rings (SSSR count). The van der Waals surface area contributed by atoms with Crippen LogP contribution in [0.15, 0.2) is 64.4 Å². The molecule has 0 unspecified atom stereocenters. The van der Waals surface area contributed by atoms with Gasteiger partial charge in [-0.25, -0.2) is 0 Å². The minimum Gasteiger partial charge on any atom is -0.504 e. The van der Waals surface area contributed by atoms with Crippen molar-refractivity contribution in [1.82, 2.24) is 9.78 Å². The predicted octanol–water partition coefficient (Wildman–Crippen LogP) is 4.25. The maximum atomic E-state index is 10.1. The molecule has 0 spiro atoms. The van der Waals surface area contributed by atoms with Crippen LogP contribution in [-0.4, -0.2) is 14.9 Å². The number of aryl methyl sites for hydroxylation is 1. The van der Waals surface area contributed by atoms with Crippen molar-refractivity contribution in [3.05, 3.63) is 60.3 Å². The van der Waals surface area contributed by atoms with Crippen molar-refractivity contribution in [3.63, 3.8) is 0 Å². The van der Waals surface area contributed by atoms with Crippen LogP contribution in [0.4, 0.5) is 0 Å². The van der Waals surface area contributed by atoms with Gasteiger partial charge in [0.1, 0.15) is 5.69 Å². The fourth-order valence-electron chi connectivity index (χ4n) is 2.10. The van der Waals surface area contributed by atoms with Gasteiger partial charge in [0.15, 0.2) is 5.75 Å². The Morgan fingerprint density at radius 1 is 0.952 bits per heavy atom. The molecule has 1 aromatic heterocycles. The van der Waals surface area contributed by atoms with Gasteiger partial charge >= 0.3 is 0 Å². The summed E-state index contributed by atoms with van der Waals surface area (Å²) in [5, 5.41) is 14.4. The lowest BCUT2D eigenvalue weighted by atomic mass is 10.1. The summed E-state index contributed by atoms with van der Waals surface area (Å²) < 4.78 is 1.69. The zero-order valence-corrected chi connectivity index (χ0v) is 12.8. The third-order valence-electron chi connectivity index (χ3n) is 3.41. The number of benzene rings is 2. The molecule has 0 aliphatic heterocycles. The molecule has 0 amide bonds. The van der Waals surface area contributed by atoms with Crippen molar-refractivity contribution < 1.29 is 5.11 Å². The molecule has 3 aromatic rings. The van der Waals surface area contributed by atoms with Crippen LogP contribution >= 0.6 is 11.8 Å². The van der Waals surface area contributed by atoms with Crippen molar-refractivity contribution in [2.75, 3.05) is 0 Å². The lowest BCUT2D eigenvalue weighted by Crippen LogP contribution is -1.92. The highest BCUT2D eigenvalue weighted by Crippen LogP contribution is 2.33. The predicted molar refractivity (Wildman–Crippen MR) is 85.6 cm³/mol. The van der Waals surface area contributed by atoms with Gasteiger partial charge < -0.3 is 5.11 Å². The molecule has 21 heavy (non-hydrogen) atoms. The van der Waals surface area contributed by atoms with Crippen molar-refractivity contribution >= 4 is 11.8 Å². The summed E-state index contributed by atoms with van der Waals surface area (Å²) in [5.41, 5.74) is 2.33. The summed E-state index contributed by atoms with van der Waals surface area (Å²) in [7, 11) is 1.83. The molecule has 0 aliphatic carbocycles. The molecule has 1 heterocycles. The normalized spacial score (nSPS) is 10.8. The molecule has 1 N–H and O–H groups in total. The molecule has 0 atom stereocenters. The average molecular weight is 296 g/mol. The van der Waals surface area contributed by atoms with Crippen LogP contribution in [0.3, 0.4) is 0 Å². The van der Waals surface area contributed by atoms with Crippen molar-refractivity contribution in [1.29, 1.82) is 0 Å². The number of hydrogen-bond acceptors (Lipinski definition) is 3. The first kappa shape index (κ1) is 13.8. The second-order valence-electron chi connectivity index (χ2n) is 4.85. The van der Waals surface area contributed by atoms with E-state index in [1.54, 1.807) is 16.4 Å². The first-order chi connectivity index (χ1) is 10.1. The van der Waals surface area contributed by atoms with E-state index in [2.05, 4.69) is 29.4 Å². The highest BCUT2D eigenvalue weighted by Gasteiger charge is 2.13. The largest absolute Gasteiger partial charge is 0.504 e. The summed E-state index contributed by atoms with van der Waals surface area (Å²) in [5.74, 6) is 0.251. The van der Waals surface area contributed by atoms with E-state index in [9.17, 15) is 5.11 Å². The van der Waals surface area contributed by atoms with Crippen LogP contribution in [0.25, 0.3) is 11.3 Å². The monoisotopic (exact) mass is 296 g/mol. The van der Waals surface area contributed by atoms with Gasteiger partial charge in [-0.2, -0.15) is 5.10 Å². The molecule has 0 saturated heterocycles. The molecule has 106 valence electrons. The second kappa shape index (κ2) is 5.66. The van der Waals surface area contributed by atoms with E-state index in [4.69, 9.17) is 0 Å². The Balaban J connectivity index is 1.85. The Morgan fingerprint density at radius 3 is 2.14 bits per heavy atom. The lowest BCUT2D eigenvalue weighted by Gasteiger charge is -2.03. The van der Waals surface area contributed by atoms with Crippen LogP contribution in [-0.2, 0) is 7.05 Å². The summed E-state index contributed by atoms with van der Waals surface area (Å²) in [6, 6.07) is 18.3. The van der Waals surface area contributed by atoms with E-state index in [-0.39, 0.29) is 5.75 Å². The van der Waals surface area contributed by atoms with Gasteiger partial charge in [0.25, 0.3) is 0 Å². The zero-order valence-electron chi connectivity index (χ0n) is 11.9. The summed E-state index contributed by atoms with van der Waals surface area (Å²) in [4.78, 5) is 2.37. The summed E-state index contributed by atoms with van der Waals surface area (Å²) >= 11 is 1.72. The third-order valence-corrected chi connectivity index (χ3v) is 4.42. The minimum atomic E-state index is 0.251. The van der Waals surface area contributed by atoms with Gasteiger partial charge in [-0.1, -0.05) is 42.1 Å². The average Bonchev–Trinajstić information content (AvgIpc) is 2.77. The van der Waals surface area contributed by atoms with Gasteiger partial charge in [-0.15, -0.1) is 0 Å². The Hall–Kier alpha value is -2.20. The summed E-state index contributed by atoms with van der Waals surface area (Å²) in [6.07, 6.45) is 0. The van der Waals surface area contributed by atoms with Gasteiger partial charge in [0.05, 0.1) is 5.69 Å². The van der Waals surface area contributed by atoms with Crippen molar-refractivity contribution in [3.8, 4) is 17.0 Å². The van der Waals surface area contributed by atoms with Crippen LogP contribution in [0.1, 0.15) is 5.69 Å². The second-order valence-corrected chi connectivity index (χ2v) is 5.99. The fraction of sp³-hybridized carbons (Fsp3) is 0.118. The van der Waals surface area contributed by atoms with Crippen LogP contribution in [0, 0.1) is 6.92 Å². The fourth-order valence-corrected chi connectivity index (χ4v) is 2.93. The molecule has 4 heteroatoms. The zero-order chi connectivity index (χ0) is 14.8. The van der Waals surface area contributed by atoms with Crippen molar-refractivity contribution in [2.45, 2.75) is 16.7 Å². The SMILES string of the molecule is Cc1c(O)c(-c2ccc(Sc3ccccc3)cc2)nn1C. The number of hydrogen-bond donors (Lipinski definition) is 1.